The Hall–Kier alpha value is -2.01. The van der Waals surface area contributed by atoms with Crippen molar-refractivity contribution in [3.63, 3.8) is 0 Å². The highest BCUT2D eigenvalue weighted by molar-refractivity contribution is 7.80. The molecule has 0 spiro atoms. The molecule has 0 saturated carbocycles. The Morgan fingerprint density at radius 2 is 2.05 bits per heavy atom. The maximum atomic E-state index is 12.8. The van der Waals surface area contributed by atoms with Crippen molar-refractivity contribution in [2.75, 3.05) is 13.1 Å². The van der Waals surface area contributed by atoms with Gasteiger partial charge in [-0.05, 0) is 23.8 Å². The first-order valence-electron chi connectivity index (χ1n) is 6.14. The third-order valence-corrected chi connectivity index (χ3v) is 2.78. The molecule has 2 N–H and O–H groups in total. The number of nitrogens with two attached hydrogens (primary N) is 1. The zero-order valence-corrected chi connectivity index (χ0v) is 11.9. The van der Waals surface area contributed by atoms with Crippen LogP contribution in [0.1, 0.15) is 12.0 Å². The van der Waals surface area contributed by atoms with Crippen LogP contribution in [0.2, 0.25) is 0 Å². The summed E-state index contributed by atoms with van der Waals surface area (Å²) in [7, 11) is 0. The summed E-state index contributed by atoms with van der Waals surface area (Å²) in [6.45, 7) is 4.49. The average Bonchev–Trinajstić information content (AvgIpc) is 2.42. The zero-order valence-electron chi connectivity index (χ0n) is 11.1. The van der Waals surface area contributed by atoms with Crippen LogP contribution >= 0.6 is 12.2 Å². The van der Waals surface area contributed by atoms with Gasteiger partial charge in [-0.3, -0.25) is 4.79 Å². The molecule has 0 aromatic heterocycles. The molecule has 0 unspecified atom stereocenters. The van der Waals surface area contributed by atoms with Crippen LogP contribution in [0.25, 0.3) is 6.08 Å². The van der Waals surface area contributed by atoms with Crippen molar-refractivity contribution in [2.45, 2.75) is 6.42 Å². The number of carbonyl (C=O) groups is 1. The Balaban J connectivity index is 2.66. The number of carbonyl (C=O) groups excluding carboxylic acids is 1. The van der Waals surface area contributed by atoms with Crippen LogP contribution in [0.15, 0.2) is 43.0 Å². The summed E-state index contributed by atoms with van der Waals surface area (Å²) in [5.74, 6) is -0.469. The molecule has 0 heterocycles. The quantitative estimate of drug-likeness (QED) is 0.477. The van der Waals surface area contributed by atoms with Gasteiger partial charge in [-0.2, -0.15) is 0 Å². The standard InChI is InChI=1S/C15H17FN2OS/c1-2-10-18(11-9-14(17)20)15(19)8-5-12-3-6-13(16)7-4-12/h2-8H,1,9-11H2,(H2,17,20)/b8-5+. The Morgan fingerprint density at radius 1 is 1.40 bits per heavy atom. The number of thiocarbonyl (C=S) groups is 1. The minimum absolute atomic E-state index is 0.162. The molecule has 1 amide bonds. The second-order valence-corrected chi connectivity index (χ2v) is 4.70. The van der Waals surface area contributed by atoms with Crippen LogP contribution in [-0.4, -0.2) is 28.9 Å². The molecule has 0 bridgehead atoms. The first kappa shape index (κ1) is 16.0. The molecular weight excluding hydrogens is 275 g/mol. The molecule has 0 fully saturated rings. The predicted octanol–water partition coefficient (Wildman–Crippen LogP) is 2.53. The molecule has 20 heavy (non-hydrogen) atoms. The molecule has 0 saturated heterocycles. The van der Waals surface area contributed by atoms with E-state index >= 15 is 0 Å². The number of benzene rings is 1. The van der Waals surface area contributed by atoms with Gasteiger partial charge in [-0.15, -0.1) is 6.58 Å². The molecule has 0 aliphatic heterocycles. The van der Waals surface area contributed by atoms with E-state index in [2.05, 4.69) is 6.58 Å². The van der Waals surface area contributed by atoms with Crippen molar-refractivity contribution in [3.8, 4) is 0 Å². The number of amides is 1. The summed E-state index contributed by atoms with van der Waals surface area (Å²) in [5.41, 5.74) is 6.19. The van der Waals surface area contributed by atoms with Crippen molar-refractivity contribution < 1.29 is 9.18 Å². The molecule has 1 aromatic rings. The lowest BCUT2D eigenvalue weighted by Gasteiger charge is -2.18. The lowest BCUT2D eigenvalue weighted by atomic mass is 10.2. The van der Waals surface area contributed by atoms with Crippen LogP contribution in [0.3, 0.4) is 0 Å². The Labute approximate surface area is 123 Å². The van der Waals surface area contributed by atoms with E-state index in [1.807, 2.05) is 0 Å². The van der Waals surface area contributed by atoms with Gasteiger partial charge in [0.2, 0.25) is 5.91 Å². The maximum absolute atomic E-state index is 12.8. The first-order valence-corrected chi connectivity index (χ1v) is 6.55. The van der Waals surface area contributed by atoms with E-state index in [0.29, 0.717) is 24.5 Å². The van der Waals surface area contributed by atoms with Gasteiger partial charge in [0.1, 0.15) is 5.82 Å². The Bertz CT molecular complexity index is 511. The molecule has 3 nitrogen and oxygen atoms in total. The monoisotopic (exact) mass is 292 g/mol. The topological polar surface area (TPSA) is 46.3 Å². The minimum Gasteiger partial charge on any atom is -0.393 e. The van der Waals surface area contributed by atoms with Crippen LogP contribution < -0.4 is 5.73 Å². The summed E-state index contributed by atoms with van der Waals surface area (Å²) < 4.78 is 12.8. The summed E-state index contributed by atoms with van der Waals surface area (Å²) >= 11 is 4.80. The Morgan fingerprint density at radius 3 is 2.60 bits per heavy atom. The lowest BCUT2D eigenvalue weighted by molar-refractivity contribution is -0.125. The maximum Gasteiger partial charge on any atom is 0.246 e. The van der Waals surface area contributed by atoms with Gasteiger partial charge in [0.25, 0.3) is 0 Å². The van der Waals surface area contributed by atoms with Gasteiger partial charge >= 0.3 is 0 Å². The van der Waals surface area contributed by atoms with Crippen molar-refractivity contribution in [1.82, 2.24) is 4.90 Å². The third-order valence-electron chi connectivity index (χ3n) is 2.58. The normalized spacial score (nSPS) is 10.4. The number of hydrogen-bond donors (Lipinski definition) is 1. The fourth-order valence-electron chi connectivity index (χ4n) is 1.54. The highest BCUT2D eigenvalue weighted by atomic mass is 32.1. The van der Waals surface area contributed by atoms with E-state index in [0.717, 1.165) is 5.56 Å². The average molecular weight is 292 g/mol. The molecular formula is C15H17FN2OS. The second kappa shape index (κ2) is 8.22. The smallest absolute Gasteiger partial charge is 0.246 e. The lowest BCUT2D eigenvalue weighted by Crippen LogP contribution is -2.32. The van der Waals surface area contributed by atoms with Crippen molar-refractivity contribution in [1.29, 1.82) is 0 Å². The SMILES string of the molecule is C=CCN(CCC(N)=S)C(=O)/C=C/c1ccc(F)cc1. The number of nitrogens with zero attached hydrogens (tertiary/aromatic N) is 1. The van der Waals surface area contributed by atoms with Crippen molar-refractivity contribution in [3.05, 3.63) is 54.4 Å². The molecule has 106 valence electrons. The van der Waals surface area contributed by atoms with Crippen LogP contribution in [0, 0.1) is 5.82 Å². The van der Waals surface area contributed by atoms with E-state index in [1.165, 1.54) is 18.2 Å². The van der Waals surface area contributed by atoms with Crippen LogP contribution in [0.4, 0.5) is 4.39 Å². The van der Waals surface area contributed by atoms with Crippen molar-refractivity contribution >= 4 is 29.2 Å². The molecule has 0 atom stereocenters. The summed E-state index contributed by atoms with van der Waals surface area (Å²) in [4.78, 5) is 14.0. The fraction of sp³-hybridized carbons (Fsp3) is 0.200. The molecule has 0 aliphatic carbocycles. The first-order chi connectivity index (χ1) is 9.52. The van der Waals surface area contributed by atoms with Gasteiger partial charge in [-0.1, -0.05) is 30.4 Å². The fourth-order valence-corrected chi connectivity index (χ4v) is 1.63. The summed E-state index contributed by atoms with van der Waals surface area (Å²) in [6.07, 6.45) is 5.19. The van der Waals surface area contributed by atoms with E-state index in [4.69, 9.17) is 18.0 Å². The molecule has 1 rings (SSSR count). The van der Waals surface area contributed by atoms with E-state index in [-0.39, 0.29) is 11.7 Å². The van der Waals surface area contributed by atoms with Crippen molar-refractivity contribution in [2.24, 2.45) is 5.73 Å². The Kier molecular flexibility index (Phi) is 6.59. The van der Waals surface area contributed by atoms with Gasteiger partial charge in [0, 0.05) is 25.6 Å². The highest BCUT2D eigenvalue weighted by Crippen LogP contribution is 2.05. The van der Waals surface area contributed by atoms with Gasteiger partial charge < -0.3 is 10.6 Å². The van der Waals surface area contributed by atoms with Gasteiger partial charge in [0.05, 0.1) is 4.99 Å². The van der Waals surface area contributed by atoms with Crippen LogP contribution in [-0.2, 0) is 4.79 Å². The highest BCUT2D eigenvalue weighted by Gasteiger charge is 2.08. The molecule has 0 radical (unpaired) electrons. The molecule has 1 aromatic carbocycles. The minimum atomic E-state index is -0.307. The third kappa shape index (κ3) is 5.75. The number of hydrogen-bond acceptors (Lipinski definition) is 2. The largest absolute Gasteiger partial charge is 0.393 e. The van der Waals surface area contributed by atoms with E-state index < -0.39 is 0 Å². The number of rotatable bonds is 7. The van der Waals surface area contributed by atoms with Gasteiger partial charge in [0.15, 0.2) is 0 Å². The number of halogens is 1. The van der Waals surface area contributed by atoms with Crippen LogP contribution in [0.5, 0.6) is 0 Å². The zero-order chi connectivity index (χ0) is 15.0. The molecule has 5 heteroatoms. The van der Waals surface area contributed by atoms with Gasteiger partial charge in [-0.25, -0.2) is 4.39 Å². The van der Waals surface area contributed by atoms with E-state index in [9.17, 15) is 9.18 Å². The second-order valence-electron chi connectivity index (χ2n) is 4.17. The van der Waals surface area contributed by atoms with E-state index in [1.54, 1.807) is 29.2 Å². The molecule has 0 aliphatic rings. The predicted molar refractivity (Wildman–Crippen MR) is 83.6 cm³/mol. The summed E-state index contributed by atoms with van der Waals surface area (Å²) in [5, 5.41) is 0. The summed E-state index contributed by atoms with van der Waals surface area (Å²) in [6, 6.07) is 5.90.